The monoisotopic (exact) mass is 383 g/mol. The molecule has 0 spiro atoms. The number of rotatable bonds is 5. The Bertz CT molecular complexity index is 773. The van der Waals surface area contributed by atoms with E-state index in [2.05, 4.69) is 36.7 Å². The van der Waals surface area contributed by atoms with E-state index in [0.717, 1.165) is 0 Å². The molecule has 0 aliphatic heterocycles. The van der Waals surface area contributed by atoms with E-state index in [1.54, 1.807) is 27.0 Å². The number of aromatic nitrogens is 4. The molecule has 11 heteroatoms. The van der Waals surface area contributed by atoms with Gasteiger partial charge in [-0.1, -0.05) is 0 Å². The molecule has 23 heavy (non-hydrogen) atoms. The van der Waals surface area contributed by atoms with Crippen molar-refractivity contribution in [1.82, 2.24) is 25.0 Å². The van der Waals surface area contributed by atoms with Crippen molar-refractivity contribution in [3.63, 3.8) is 0 Å². The van der Waals surface area contributed by atoms with Crippen LogP contribution in [0.2, 0.25) is 0 Å². The van der Waals surface area contributed by atoms with Crippen molar-refractivity contribution in [2.45, 2.75) is 20.4 Å². The summed E-state index contributed by atoms with van der Waals surface area (Å²) in [5.41, 5.74) is 3.78. The van der Waals surface area contributed by atoms with Crippen LogP contribution >= 0.6 is 15.9 Å². The molecule has 122 valence electrons. The minimum absolute atomic E-state index is 0.224. The second-order valence-electron chi connectivity index (χ2n) is 4.82. The van der Waals surface area contributed by atoms with Crippen LogP contribution in [-0.4, -0.2) is 36.1 Å². The second kappa shape index (κ2) is 6.69. The minimum Gasteiger partial charge on any atom is -0.358 e. The summed E-state index contributed by atoms with van der Waals surface area (Å²) in [4.78, 5) is 22.0. The highest BCUT2D eigenvalue weighted by molar-refractivity contribution is 9.10. The number of hydrazone groups is 1. The molecule has 0 unspecified atom stereocenters. The highest BCUT2D eigenvalue weighted by atomic mass is 79.9. The van der Waals surface area contributed by atoms with Crippen LogP contribution in [0.4, 0.5) is 5.82 Å². The summed E-state index contributed by atoms with van der Waals surface area (Å²) >= 11 is 3.25. The van der Waals surface area contributed by atoms with Gasteiger partial charge in [0.1, 0.15) is 11.1 Å². The zero-order valence-electron chi connectivity index (χ0n) is 12.6. The van der Waals surface area contributed by atoms with Crippen LogP contribution in [0.3, 0.4) is 0 Å². The molecule has 10 nitrogen and oxygen atoms in total. The molecule has 0 aromatic carbocycles. The number of amides is 1. The van der Waals surface area contributed by atoms with Gasteiger partial charge < -0.3 is 10.1 Å². The summed E-state index contributed by atoms with van der Waals surface area (Å²) in [6, 6.07) is 2.94. The third-order valence-corrected chi connectivity index (χ3v) is 3.68. The fraction of sp³-hybridized carbons (Fsp3) is 0.333. The van der Waals surface area contributed by atoms with Crippen molar-refractivity contribution in [2.24, 2.45) is 12.1 Å². The van der Waals surface area contributed by atoms with Gasteiger partial charge in [-0.25, -0.2) is 5.43 Å². The van der Waals surface area contributed by atoms with Crippen LogP contribution in [0.25, 0.3) is 0 Å². The summed E-state index contributed by atoms with van der Waals surface area (Å²) in [5, 5.41) is 22.5. The van der Waals surface area contributed by atoms with Crippen LogP contribution in [0.1, 0.15) is 23.1 Å². The first-order valence-corrected chi connectivity index (χ1v) is 7.29. The lowest BCUT2D eigenvalue weighted by atomic mass is 10.4. The Labute approximate surface area is 139 Å². The maximum Gasteiger partial charge on any atom is 0.390 e. The molecule has 2 aromatic rings. The van der Waals surface area contributed by atoms with Gasteiger partial charge in [-0.05, 0) is 34.7 Å². The molecule has 0 saturated carbocycles. The number of aryl methyl sites for hydroxylation is 2. The number of halogens is 1. The van der Waals surface area contributed by atoms with Gasteiger partial charge in [-0.3, -0.25) is 9.48 Å². The zero-order valence-corrected chi connectivity index (χ0v) is 14.2. The fourth-order valence-electron chi connectivity index (χ4n) is 1.75. The number of nitrogens with zero attached hydrogens (tertiary/aromatic N) is 6. The number of hydrogen-bond donors (Lipinski definition) is 1. The van der Waals surface area contributed by atoms with E-state index in [9.17, 15) is 14.9 Å². The van der Waals surface area contributed by atoms with E-state index in [1.165, 1.54) is 15.4 Å². The molecular formula is C12H14BrN7O3. The number of carbonyl (C=O) groups excluding carboxylic acids is 1. The first-order valence-electron chi connectivity index (χ1n) is 6.50. The van der Waals surface area contributed by atoms with Gasteiger partial charge in [0, 0.05) is 13.1 Å². The SMILES string of the molecule is C/C(Cn1nc([N+](=O)[O-])cc1C)=N\NC(=O)c1cc(Br)n(C)n1. The molecule has 0 aliphatic rings. The molecule has 1 N–H and O–H groups in total. The Morgan fingerprint density at radius 2 is 2.17 bits per heavy atom. The molecule has 2 heterocycles. The average molecular weight is 384 g/mol. The van der Waals surface area contributed by atoms with Crippen LogP contribution in [0.5, 0.6) is 0 Å². The summed E-state index contributed by atoms with van der Waals surface area (Å²) in [7, 11) is 1.70. The Morgan fingerprint density at radius 3 is 2.70 bits per heavy atom. The second-order valence-corrected chi connectivity index (χ2v) is 5.64. The van der Waals surface area contributed by atoms with Gasteiger partial charge in [0.15, 0.2) is 5.69 Å². The van der Waals surface area contributed by atoms with Crippen molar-refractivity contribution in [1.29, 1.82) is 0 Å². The first kappa shape index (κ1) is 16.8. The van der Waals surface area contributed by atoms with E-state index in [1.807, 2.05) is 0 Å². The molecule has 0 atom stereocenters. The highest BCUT2D eigenvalue weighted by Crippen LogP contribution is 2.11. The van der Waals surface area contributed by atoms with Crippen LogP contribution in [0.15, 0.2) is 21.8 Å². The number of nitrogens with one attached hydrogen (secondary N) is 1. The zero-order chi connectivity index (χ0) is 17.1. The van der Waals surface area contributed by atoms with E-state index in [4.69, 9.17) is 0 Å². The third-order valence-electron chi connectivity index (χ3n) is 2.94. The number of nitro groups is 1. The lowest BCUT2D eigenvalue weighted by molar-refractivity contribution is -0.389. The average Bonchev–Trinajstić information content (AvgIpc) is 3.00. The molecule has 0 bridgehead atoms. The topological polar surface area (TPSA) is 120 Å². The standard InChI is InChI=1S/C12H14BrN7O3/c1-7(6-19-8(2)4-11(17-19)20(22)23)14-15-12(21)9-5-10(13)18(3)16-9/h4-5H,6H2,1-3H3,(H,15,21)/b14-7+. The molecule has 0 fully saturated rings. The Balaban J connectivity index is 2.03. The maximum atomic E-state index is 11.9. The van der Waals surface area contributed by atoms with Gasteiger partial charge >= 0.3 is 5.82 Å². The molecule has 2 aromatic heterocycles. The normalized spacial score (nSPS) is 11.6. The molecular weight excluding hydrogens is 370 g/mol. The molecule has 0 radical (unpaired) electrons. The Hall–Kier alpha value is -2.56. The molecule has 1 amide bonds. The number of hydrogen-bond acceptors (Lipinski definition) is 6. The largest absolute Gasteiger partial charge is 0.390 e. The summed E-state index contributed by atoms with van der Waals surface area (Å²) in [6.45, 7) is 3.62. The van der Waals surface area contributed by atoms with Crippen LogP contribution in [0, 0.1) is 17.0 Å². The van der Waals surface area contributed by atoms with Gasteiger partial charge in [-0.15, -0.1) is 0 Å². The smallest absolute Gasteiger partial charge is 0.358 e. The molecule has 0 saturated heterocycles. The summed E-state index contributed by atoms with van der Waals surface area (Å²) < 4.78 is 3.63. The maximum absolute atomic E-state index is 11.9. The molecule has 2 rings (SSSR count). The van der Waals surface area contributed by atoms with E-state index in [0.29, 0.717) is 16.0 Å². The van der Waals surface area contributed by atoms with Gasteiger partial charge in [0.25, 0.3) is 5.91 Å². The summed E-state index contributed by atoms with van der Waals surface area (Å²) in [6.07, 6.45) is 0. The minimum atomic E-state index is -0.559. The third kappa shape index (κ3) is 4.00. The van der Waals surface area contributed by atoms with Crippen LogP contribution in [-0.2, 0) is 13.6 Å². The van der Waals surface area contributed by atoms with Crippen molar-refractivity contribution >= 4 is 33.4 Å². The Kier molecular flexibility index (Phi) is 4.89. The van der Waals surface area contributed by atoms with Crippen molar-refractivity contribution in [3.05, 3.63) is 38.2 Å². The lowest BCUT2D eigenvalue weighted by Gasteiger charge is -2.01. The fourth-order valence-corrected chi connectivity index (χ4v) is 2.05. The molecule has 0 aliphatic carbocycles. The van der Waals surface area contributed by atoms with E-state index < -0.39 is 10.8 Å². The van der Waals surface area contributed by atoms with Gasteiger partial charge in [0.05, 0.1) is 22.6 Å². The number of carbonyl (C=O) groups is 1. The first-order chi connectivity index (χ1) is 10.8. The summed E-state index contributed by atoms with van der Waals surface area (Å²) in [5.74, 6) is -0.675. The van der Waals surface area contributed by atoms with E-state index in [-0.39, 0.29) is 18.1 Å². The van der Waals surface area contributed by atoms with Crippen molar-refractivity contribution in [3.8, 4) is 0 Å². The highest BCUT2D eigenvalue weighted by Gasteiger charge is 2.16. The lowest BCUT2D eigenvalue weighted by Crippen LogP contribution is -2.21. The predicted octanol–water partition coefficient (Wildman–Crippen LogP) is 1.40. The van der Waals surface area contributed by atoms with Crippen LogP contribution < -0.4 is 5.43 Å². The Morgan fingerprint density at radius 1 is 1.48 bits per heavy atom. The van der Waals surface area contributed by atoms with Gasteiger partial charge in [0.2, 0.25) is 0 Å². The quantitative estimate of drug-likeness (QED) is 0.475. The van der Waals surface area contributed by atoms with Gasteiger partial charge in [-0.2, -0.15) is 14.9 Å². The van der Waals surface area contributed by atoms with Crippen molar-refractivity contribution < 1.29 is 9.72 Å². The van der Waals surface area contributed by atoms with Crippen molar-refractivity contribution in [2.75, 3.05) is 0 Å². The van der Waals surface area contributed by atoms with E-state index >= 15 is 0 Å². The predicted molar refractivity (Wildman–Crippen MR) is 85.1 cm³/mol.